The first-order valence-corrected chi connectivity index (χ1v) is 19.4. The Hall–Kier alpha value is -4.07. The number of hydrogen-bond donors (Lipinski definition) is 4. The summed E-state index contributed by atoms with van der Waals surface area (Å²) >= 11 is 3.11. The lowest BCUT2D eigenvalue weighted by molar-refractivity contribution is -0.126. The van der Waals surface area contributed by atoms with E-state index < -0.39 is 17.7 Å². The van der Waals surface area contributed by atoms with Gasteiger partial charge in [0.2, 0.25) is 5.91 Å². The highest BCUT2D eigenvalue weighted by atomic mass is 32.2. The number of hydrogen-bond acceptors (Lipinski definition) is 9. The molecule has 3 unspecified atom stereocenters. The number of thiazole rings is 1. The SMILES string of the molecule is CC(C)(C)OCC(NC(=O)N(Cc1cncs1)C1CC1)C(=O)NC(CCC(Cc1ccccc1)NC(=O)OCC1=CNCS1)Cc1ccccc1. The van der Waals surface area contributed by atoms with Gasteiger partial charge in [-0.3, -0.25) is 9.78 Å². The molecule has 0 spiro atoms. The maximum Gasteiger partial charge on any atom is 0.407 e. The molecule has 5 rings (SSSR count). The van der Waals surface area contributed by atoms with Gasteiger partial charge < -0.3 is 35.6 Å². The van der Waals surface area contributed by atoms with Gasteiger partial charge in [0.15, 0.2) is 0 Å². The van der Waals surface area contributed by atoms with E-state index in [0.29, 0.717) is 32.2 Å². The predicted molar refractivity (Wildman–Crippen MR) is 202 cm³/mol. The summed E-state index contributed by atoms with van der Waals surface area (Å²) in [4.78, 5) is 48.7. The molecule has 1 fully saturated rings. The van der Waals surface area contributed by atoms with Crippen molar-refractivity contribution >= 4 is 41.1 Å². The number of benzene rings is 2. The van der Waals surface area contributed by atoms with Crippen LogP contribution in [0.4, 0.5) is 9.59 Å². The van der Waals surface area contributed by atoms with Gasteiger partial charge in [-0.1, -0.05) is 60.7 Å². The quantitative estimate of drug-likeness (QED) is 0.126. The molecule has 1 saturated carbocycles. The minimum Gasteiger partial charge on any atom is -0.444 e. The number of carbonyl (C=O) groups is 3. The van der Waals surface area contributed by atoms with E-state index in [4.69, 9.17) is 9.47 Å². The molecule has 2 aliphatic rings. The average Bonchev–Trinajstić information content (AvgIpc) is 3.55. The number of alkyl carbamates (subject to hydrolysis) is 1. The molecule has 4 amide bonds. The Bertz CT molecular complexity index is 1560. The predicted octanol–water partition coefficient (Wildman–Crippen LogP) is 5.98. The van der Waals surface area contributed by atoms with Gasteiger partial charge in [-0.15, -0.1) is 23.1 Å². The molecule has 0 saturated heterocycles. The summed E-state index contributed by atoms with van der Waals surface area (Å²) in [5.74, 6) is 0.453. The molecule has 2 heterocycles. The van der Waals surface area contributed by atoms with Crippen LogP contribution in [0.3, 0.4) is 0 Å². The van der Waals surface area contributed by atoms with Crippen LogP contribution in [-0.2, 0) is 33.7 Å². The largest absolute Gasteiger partial charge is 0.444 e. The first kappa shape index (κ1) is 38.2. The summed E-state index contributed by atoms with van der Waals surface area (Å²) in [6.45, 7) is 6.44. The normalized spacial score (nSPS) is 15.9. The van der Waals surface area contributed by atoms with E-state index >= 15 is 0 Å². The second kappa shape index (κ2) is 19.0. The van der Waals surface area contributed by atoms with E-state index in [1.54, 1.807) is 28.4 Å². The smallest absolute Gasteiger partial charge is 0.407 e. The summed E-state index contributed by atoms with van der Waals surface area (Å²) in [6.07, 6.45) is 7.37. The number of amides is 4. The standard InChI is InChI=1S/C38H50N6O5S2/c1-38(2,3)49-24-34(43-36(46)44(31-16-17-31)22-32-20-39-25-50-32)35(45)41-29(18-27-10-6-4-7-11-27)14-15-30(19-28-12-8-5-9-13-28)42-37(47)48-23-33-21-40-26-51-33/h4-13,20-21,25,29-31,34,40H,14-19,22-24,26H2,1-3H3,(H,41,45)(H,42,47)(H,43,46). The fraction of sp³-hybridized carbons (Fsp3) is 0.474. The number of carbonyl (C=O) groups excluding carboxylic acids is 3. The molecule has 3 atom stereocenters. The first-order chi connectivity index (χ1) is 24.6. The van der Waals surface area contributed by atoms with Crippen LogP contribution < -0.4 is 21.3 Å². The maximum absolute atomic E-state index is 14.1. The zero-order valence-electron chi connectivity index (χ0n) is 29.6. The van der Waals surface area contributed by atoms with Crippen molar-refractivity contribution in [3.05, 3.63) is 99.5 Å². The van der Waals surface area contributed by atoms with Gasteiger partial charge in [-0.25, -0.2) is 9.59 Å². The second-order valence-corrected chi connectivity index (χ2v) is 16.0. The Labute approximate surface area is 309 Å². The number of nitrogens with zero attached hydrogens (tertiary/aromatic N) is 2. The summed E-state index contributed by atoms with van der Waals surface area (Å²) in [6, 6.07) is 18.4. The van der Waals surface area contributed by atoms with Crippen LogP contribution in [0.25, 0.3) is 0 Å². The number of aromatic nitrogens is 1. The van der Waals surface area contributed by atoms with Crippen LogP contribution in [0.1, 0.15) is 62.5 Å². The molecule has 51 heavy (non-hydrogen) atoms. The van der Waals surface area contributed by atoms with Crippen LogP contribution in [0.5, 0.6) is 0 Å². The van der Waals surface area contributed by atoms with Gasteiger partial charge in [0.05, 0.1) is 30.1 Å². The van der Waals surface area contributed by atoms with E-state index in [1.165, 1.54) is 11.3 Å². The van der Waals surface area contributed by atoms with Gasteiger partial charge in [-0.2, -0.15) is 0 Å². The molecular weight excluding hydrogens is 685 g/mol. The summed E-state index contributed by atoms with van der Waals surface area (Å²) < 4.78 is 11.6. The Kier molecular flexibility index (Phi) is 14.2. The van der Waals surface area contributed by atoms with Gasteiger partial charge in [0, 0.05) is 40.3 Å². The van der Waals surface area contributed by atoms with Gasteiger partial charge in [0.1, 0.15) is 12.6 Å². The molecule has 0 radical (unpaired) electrons. The monoisotopic (exact) mass is 734 g/mol. The van der Waals surface area contributed by atoms with Crippen LogP contribution in [0, 0.1) is 0 Å². The van der Waals surface area contributed by atoms with Crippen molar-refractivity contribution in [2.45, 2.75) is 95.6 Å². The number of rotatable bonds is 18. The molecule has 4 N–H and O–H groups in total. The molecular formula is C38H50N6O5S2. The number of urea groups is 1. The highest BCUT2D eigenvalue weighted by Gasteiger charge is 2.35. The molecule has 11 nitrogen and oxygen atoms in total. The summed E-state index contributed by atoms with van der Waals surface area (Å²) in [5.41, 5.74) is 3.40. The van der Waals surface area contributed by atoms with Crippen molar-refractivity contribution in [3.63, 3.8) is 0 Å². The third-order valence-electron chi connectivity index (χ3n) is 8.49. The highest BCUT2D eigenvalue weighted by Crippen LogP contribution is 2.29. The van der Waals surface area contributed by atoms with Crippen molar-refractivity contribution in [2.75, 3.05) is 19.1 Å². The Morgan fingerprint density at radius 1 is 0.941 bits per heavy atom. The number of ether oxygens (including phenoxy) is 2. The lowest BCUT2D eigenvalue weighted by Gasteiger charge is -2.30. The van der Waals surface area contributed by atoms with E-state index in [9.17, 15) is 14.4 Å². The second-order valence-electron chi connectivity index (χ2n) is 13.9. The van der Waals surface area contributed by atoms with Gasteiger partial charge in [-0.05, 0) is 70.4 Å². The maximum atomic E-state index is 14.1. The highest BCUT2D eigenvalue weighted by molar-refractivity contribution is 8.03. The molecule has 0 bridgehead atoms. The lowest BCUT2D eigenvalue weighted by atomic mass is 9.96. The fourth-order valence-electron chi connectivity index (χ4n) is 5.70. The van der Waals surface area contributed by atoms with Crippen molar-refractivity contribution in [3.8, 4) is 0 Å². The third kappa shape index (κ3) is 13.5. The minimum absolute atomic E-state index is 0.0203. The molecule has 13 heteroatoms. The summed E-state index contributed by atoms with van der Waals surface area (Å²) in [7, 11) is 0. The van der Waals surface area contributed by atoms with Crippen LogP contribution in [0.2, 0.25) is 0 Å². The van der Waals surface area contributed by atoms with E-state index in [1.807, 2.05) is 87.6 Å². The molecule has 2 aromatic carbocycles. The van der Waals surface area contributed by atoms with Crippen molar-refractivity contribution in [2.24, 2.45) is 0 Å². The third-order valence-corrected chi connectivity index (χ3v) is 10.2. The Morgan fingerprint density at radius 3 is 2.14 bits per heavy atom. The molecule has 1 aliphatic carbocycles. The van der Waals surface area contributed by atoms with Crippen molar-refractivity contribution in [1.29, 1.82) is 0 Å². The van der Waals surface area contributed by atoms with Gasteiger partial charge in [0.25, 0.3) is 0 Å². The number of nitrogens with one attached hydrogen (secondary N) is 4. The Morgan fingerprint density at radius 2 is 1.59 bits per heavy atom. The zero-order valence-corrected chi connectivity index (χ0v) is 31.3. The first-order valence-electron chi connectivity index (χ1n) is 17.6. The van der Waals surface area contributed by atoms with Crippen LogP contribution >= 0.6 is 23.1 Å². The molecule has 3 aromatic rings. The van der Waals surface area contributed by atoms with Crippen LogP contribution in [-0.4, -0.2) is 76.8 Å². The Balaban J connectivity index is 1.28. The fourth-order valence-corrected chi connectivity index (χ4v) is 6.95. The van der Waals surface area contributed by atoms with Gasteiger partial charge >= 0.3 is 12.1 Å². The topological polar surface area (TPSA) is 134 Å². The molecule has 274 valence electrons. The minimum atomic E-state index is -0.914. The lowest BCUT2D eigenvalue weighted by Crippen LogP contribution is -2.56. The van der Waals surface area contributed by atoms with E-state index in [-0.39, 0.29) is 43.3 Å². The van der Waals surface area contributed by atoms with E-state index in [0.717, 1.165) is 39.6 Å². The number of thioether (sulfide) groups is 1. The van der Waals surface area contributed by atoms with Crippen LogP contribution in [0.15, 0.2) is 83.5 Å². The van der Waals surface area contributed by atoms with Crippen molar-refractivity contribution < 1.29 is 23.9 Å². The summed E-state index contributed by atoms with van der Waals surface area (Å²) in [5, 5.41) is 12.4. The average molecular weight is 735 g/mol. The molecule has 1 aliphatic heterocycles. The van der Waals surface area contributed by atoms with Crippen molar-refractivity contribution in [1.82, 2.24) is 31.2 Å². The van der Waals surface area contributed by atoms with E-state index in [2.05, 4.69) is 26.3 Å². The zero-order chi connectivity index (χ0) is 36.1. The molecule has 1 aromatic heterocycles.